The molecule has 1 aromatic heterocycles. The van der Waals surface area contributed by atoms with E-state index in [9.17, 15) is 8.78 Å². The molecule has 3 aromatic rings. The molecule has 0 aliphatic rings. The molecular weight excluding hydrogens is 258 g/mol. The lowest BCUT2D eigenvalue weighted by atomic mass is 10.0. The molecule has 0 bridgehead atoms. The van der Waals surface area contributed by atoms with Gasteiger partial charge in [0.25, 0.3) is 6.43 Å². The molecule has 2 nitrogen and oxygen atoms in total. The quantitative estimate of drug-likeness (QED) is 0.695. The third-order valence-electron chi connectivity index (χ3n) is 3.31. The fourth-order valence-corrected chi connectivity index (χ4v) is 2.43. The summed E-state index contributed by atoms with van der Waals surface area (Å²) >= 11 is 0. The highest BCUT2D eigenvalue weighted by Crippen LogP contribution is 2.32. The number of hydrogen-bond donors (Lipinski definition) is 1. The summed E-state index contributed by atoms with van der Waals surface area (Å²) in [6.45, 7) is 2.62. The lowest BCUT2D eigenvalue weighted by Gasteiger charge is -2.12. The third-order valence-corrected chi connectivity index (χ3v) is 3.31. The van der Waals surface area contributed by atoms with Gasteiger partial charge in [0, 0.05) is 23.0 Å². The Labute approximate surface area is 115 Å². The molecule has 4 heteroatoms. The number of hydrogen-bond acceptors (Lipinski definition) is 2. The Kier molecular flexibility index (Phi) is 3.22. The zero-order valence-corrected chi connectivity index (χ0v) is 11.0. The van der Waals surface area contributed by atoms with Crippen molar-refractivity contribution in [2.75, 3.05) is 11.9 Å². The number of rotatable bonds is 3. The third kappa shape index (κ3) is 2.07. The molecule has 0 saturated heterocycles. The van der Waals surface area contributed by atoms with Gasteiger partial charge >= 0.3 is 0 Å². The minimum atomic E-state index is -2.57. The van der Waals surface area contributed by atoms with E-state index in [0.717, 1.165) is 16.2 Å². The summed E-state index contributed by atoms with van der Waals surface area (Å²) in [6, 6.07) is 13.0. The standard InChI is InChI=1S/C16H14F2N2/c1-2-19-13-9-14(16(17)18)20-15-11-6-4-3-5-10(11)7-8-12(13)15/h3-9,16H,2H2,1H3,(H,19,20). The van der Waals surface area contributed by atoms with Crippen molar-refractivity contribution in [2.24, 2.45) is 0 Å². The van der Waals surface area contributed by atoms with Gasteiger partial charge in [0.1, 0.15) is 5.69 Å². The normalized spacial score (nSPS) is 11.4. The van der Waals surface area contributed by atoms with Crippen LogP contribution >= 0.6 is 0 Å². The second-order valence-electron chi connectivity index (χ2n) is 4.61. The van der Waals surface area contributed by atoms with Crippen LogP contribution in [0.15, 0.2) is 42.5 Å². The summed E-state index contributed by atoms with van der Waals surface area (Å²) in [5.74, 6) is 0. The number of alkyl halides is 2. The van der Waals surface area contributed by atoms with Gasteiger partial charge in [0.05, 0.1) is 5.52 Å². The van der Waals surface area contributed by atoms with E-state index in [2.05, 4.69) is 10.3 Å². The smallest absolute Gasteiger partial charge is 0.280 e. The molecule has 20 heavy (non-hydrogen) atoms. The average molecular weight is 272 g/mol. The van der Waals surface area contributed by atoms with Gasteiger partial charge in [-0.15, -0.1) is 0 Å². The van der Waals surface area contributed by atoms with E-state index in [4.69, 9.17) is 0 Å². The fourth-order valence-electron chi connectivity index (χ4n) is 2.43. The summed E-state index contributed by atoms with van der Waals surface area (Å²) in [7, 11) is 0. The first-order valence-electron chi connectivity index (χ1n) is 6.55. The number of nitrogens with zero attached hydrogens (tertiary/aromatic N) is 1. The molecule has 0 aliphatic heterocycles. The van der Waals surface area contributed by atoms with E-state index in [-0.39, 0.29) is 5.69 Å². The number of aromatic nitrogens is 1. The average Bonchev–Trinajstić information content (AvgIpc) is 2.47. The van der Waals surface area contributed by atoms with Crippen LogP contribution in [0.25, 0.3) is 21.7 Å². The topological polar surface area (TPSA) is 24.9 Å². The van der Waals surface area contributed by atoms with Crippen molar-refractivity contribution in [1.29, 1.82) is 0 Å². The summed E-state index contributed by atoms with van der Waals surface area (Å²) in [6.07, 6.45) is -2.57. The SMILES string of the molecule is CCNc1cc(C(F)F)nc2c1ccc1ccccc12. The largest absolute Gasteiger partial charge is 0.385 e. The first-order valence-corrected chi connectivity index (χ1v) is 6.55. The van der Waals surface area contributed by atoms with Crippen LogP contribution in [0.4, 0.5) is 14.5 Å². The Hall–Kier alpha value is -2.23. The number of anilines is 1. The lowest BCUT2D eigenvalue weighted by molar-refractivity contribution is 0.146. The van der Waals surface area contributed by atoms with Crippen molar-refractivity contribution in [3.05, 3.63) is 48.2 Å². The zero-order chi connectivity index (χ0) is 14.1. The second kappa shape index (κ2) is 5.04. The second-order valence-corrected chi connectivity index (χ2v) is 4.61. The summed E-state index contributed by atoms with van der Waals surface area (Å²) in [4.78, 5) is 4.16. The molecule has 0 radical (unpaired) electrons. The maximum Gasteiger partial charge on any atom is 0.280 e. The highest BCUT2D eigenvalue weighted by atomic mass is 19.3. The van der Waals surface area contributed by atoms with Crippen LogP contribution in [0.5, 0.6) is 0 Å². The molecule has 0 unspecified atom stereocenters. The molecule has 0 atom stereocenters. The monoisotopic (exact) mass is 272 g/mol. The van der Waals surface area contributed by atoms with Crippen LogP contribution in [0.2, 0.25) is 0 Å². The maximum atomic E-state index is 13.0. The van der Waals surface area contributed by atoms with Crippen molar-refractivity contribution >= 4 is 27.4 Å². The number of pyridine rings is 1. The number of benzene rings is 2. The van der Waals surface area contributed by atoms with Crippen LogP contribution in [0.1, 0.15) is 19.0 Å². The molecule has 102 valence electrons. The van der Waals surface area contributed by atoms with Gasteiger partial charge in [-0.1, -0.05) is 36.4 Å². The molecular formula is C16H14F2N2. The molecule has 1 heterocycles. The van der Waals surface area contributed by atoms with E-state index >= 15 is 0 Å². The van der Waals surface area contributed by atoms with E-state index in [1.807, 2.05) is 43.3 Å². The lowest BCUT2D eigenvalue weighted by Crippen LogP contribution is -2.01. The Balaban J connectivity index is 2.40. The molecule has 1 N–H and O–H groups in total. The van der Waals surface area contributed by atoms with Crippen molar-refractivity contribution in [3.63, 3.8) is 0 Å². The Bertz CT molecular complexity index is 769. The number of nitrogens with one attached hydrogen (secondary N) is 1. The zero-order valence-electron chi connectivity index (χ0n) is 11.0. The highest BCUT2D eigenvalue weighted by Gasteiger charge is 2.14. The first kappa shape index (κ1) is 12.8. The maximum absolute atomic E-state index is 13.0. The molecule has 0 amide bonds. The van der Waals surface area contributed by atoms with Crippen molar-refractivity contribution < 1.29 is 8.78 Å². The van der Waals surface area contributed by atoms with E-state index in [0.29, 0.717) is 17.7 Å². The van der Waals surface area contributed by atoms with Crippen LogP contribution in [-0.2, 0) is 0 Å². The van der Waals surface area contributed by atoms with Gasteiger partial charge in [-0.2, -0.15) is 0 Å². The van der Waals surface area contributed by atoms with Crippen LogP contribution in [-0.4, -0.2) is 11.5 Å². The minimum Gasteiger partial charge on any atom is -0.385 e. The first-order chi connectivity index (χ1) is 9.70. The van der Waals surface area contributed by atoms with Gasteiger partial charge in [-0.3, -0.25) is 0 Å². The summed E-state index contributed by atoms with van der Waals surface area (Å²) in [5, 5.41) is 5.90. The van der Waals surface area contributed by atoms with Crippen molar-refractivity contribution in [1.82, 2.24) is 4.98 Å². The van der Waals surface area contributed by atoms with E-state index in [1.165, 1.54) is 6.07 Å². The van der Waals surface area contributed by atoms with Gasteiger partial charge < -0.3 is 5.32 Å². The predicted molar refractivity (Wildman–Crippen MR) is 78.4 cm³/mol. The van der Waals surface area contributed by atoms with Crippen molar-refractivity contribution in [2.45, 2.75) is 13.3 Å². The molecule has 0 fully saturated rings. The number of fused-ring (bicyclic) bond motifs is 3. The molecule has 0 saturated carbocycles. The predicted octanol–water partition coefficient (Wildman–Crippen LogP) is 4.76. The highest BCUT2D eigenvalue weighted by molar-refractivity contribution is 6.09. The van der Waals surface area contributed by atoms with Gasteiger partial charge in [0.2, 0.25) is 0 Å². The van der Waals surface area contributed by atoms with Gasteiger partial charge in [-0.25, -0.2) is 13.8 Å². The van der Waals surface area contributed by atoms with Crippen molar-refractivity contribution in [3.8, 4) is 0 Å². The van der Waals surface area contributed by atoms with Gasteiger partial charge in [0.15, 0.2) is 0 Å². The Morgan fingerprint density at radius 2 is 1.90 bits per heavy atom. The van der Waals surface area contributed by atoms with E-state index in [1.54, 1.807) is 0 Å². The summed E-state index contributed by atoms with van der Waals surface area (Å²) in [5.41, 5.74) is 1.14. The fraction of sp³-hybridized carbons (Fsp3) is 0.188. The number of halogens is 2. The van der Waals surface area contributed by atoms with Gasteiger partial charge in [-0.05, 0) is 18.4 Å². The van der Waals surface area contributed by atoms with Crippen LogP contribution in [0.3, 0.4) is 0 Å². The van der Waals surface area contributed by atoms with E-state index < -0.39 is 6.43 Å². The molecule has 0 aliphatic carbocycles. The molecule has 3 rings (SSSR count). The molecule has 2 aromatic carbocycles. The molecule has 0 spiro atoms. The Morgan fingerprint density at radius 3 is 2.65 bits per heavy atom. The Morgan fingerprint density at radius 1 is 1.10 bits per heavy atom. The summed E-state index contributed by atoms with van der Waals surface area (Å²) < 4.78 is 26.1. The van der Waals surface area contributed by atoms with Crippen LogP contribution < -0.4 is 5.32 Å². The van der Waals surface area contributed by atoms with Crippen LogP contribution in [0, 0.1) is 0 Å². The minimum absolute atomic E-state index is 0.190.